The first-order valence-electron chi connectivity index (χ1n) is 8.32. The van der Waals surface area contributed by atoms with Crippen LogP contribution < -0.4 is 4.74 Å². The third-order valence-corrected chi connectivity index (χ3v) is 7.33. The van der Waals surface area contributed by atoms with E-state index in [1.54, 1.807) is 30.3 Å². The van der Waals surface area contributed by atoms with Crippen LogP contribution in [0.25, 0.3) is 5.76 Å². The van der Waals surface area contributed by atoms with Gasteiger partial charge < -0.3 is 4.74 Å². The molecule has 0 N–H and O–H groups in total. The van der Waals surface area contributed by atoms with Gasteiger partial charge in [0.25, 0.3) is 0 Å². The van der Waals surface area contributed by atoms with E-state index in [2.05, 4.69) is 0 Å². The van der Waals surface area contributed by atoms with Crippen molar-refractivity contribution >= 4 is 26.9 Å². The van der Waals surface area contributed by atoms with Gasteiger partial charge in [-0.05, 0) is 35.7 Å². The molecule has 1 aliphatic heterocycles. The van der Waals surface area contributed by atoms with Crippen LogP contribution in [0.4, 0.5) is 0 Å². The molecule has 27 heavy (non-hydrogen) atoms. The SMILES string of the molecule is N#CC(C1C=C(c2cccs2)Oc2ccccc21)S(=O)(=O)c1ccccc1. The number of nitrogens with zero attached hydrogens (tertiary/aromatic N) is 1. The normalized spacial score (nSPS) is 17.1. The van der Waals surface area contributed by atoms with Crippen molar-refractivity contribution in [1.82, 2.24) is 0 Å². The van der Waals surface area contributed by atoms with Crippen molar-refractivity contribution in [2.24, 2.45) is 0 Å². The highest BCUT2D eigenvalue weighted by atomic mass is 32.2. The molecule has 0 saturated heterocycles. The first kappa shape index (κ1) is 17.5. The summed E-state index contributed by atoms with van der Waals surface area (Å²) < 4.78 is 32.3. The van der Waals surface area contributed by atoms with Gasteiger partial charge in [-0.25, -0.2) is 8.42 Å². The largest absolute Gasteiger partial charge is 0.456 e. The van der Waals surface area contributed by atoms with Gasteiger partial charge in [-0.15, -0.1) is 11.3 Å². The summed E-state index contributed by atoms with van der Waals surface area (Å²) in [4.78, 5) is 1.04. The van der Waals surface area contributed by atoms with Crippen molar-refractivity contribution in [2.45, 2.75) is 16.1 Å². The van der Waals surface area contributed by atoms with E-state index < -0.39 is 21.0 Å². The van der Waals surface area contributed by atoms with Gasteiger partial charge in [-0.1, -0.05) is 42.5 Å². The molecule has 4 rings (SSSR count). The van der Waals surface area contributed by atoms with Crippen LogP contribution in [-0.4, -0.2) is 13.7 Å². The number of nitriles is 1. The first-order chi connectivity index (χ1) is 13.1. The minimum absolute atomic E-state index is 0.145. The fraction of sp³-hybridized carbons (Fsp3) is 0.0952. The van der Waals surface area contributed by atoms with E-state index in [4.69, 9.17) is 4.74 Å². The maximum Gasteiger partial charge on any atom is 0.195 e. The Balaban J connectivity index is 1.86. The summed E-state index contributed by atoms with van der Waals surface area (Å²) in [5.41, 5.74) is 0.698. The summed E-state index contributed by atoms with van der Waals surface area (Å²) >= 11 is 1.50. The fourth-order valence-corrected chi connectivity index (χ4v) is 5.42. The highest BCUT2D eigenvalue weighted by Crippen LogP contribution is 2.42. The number of allylic oxidation sites excluding steroid dienone is 1. The maximum absolute atomic E-state index is 13.2. The lowest BCUT2D eigenvalue weighted by atomic mass is 9.92. The van der Waals surface area contributed by atoms with Gasteiger partial charge in [0.05, 0.1) is 15.8 Å². The zero-order chi connectivity index (χ0) is 18.9. The molecule has 4 nitrogen and oxygen atoms in total. The zero-order valence-electron chi connectivity index (χ0n) is 14.1. The Morgan fingerprint density at radius 1 is 1.00 bits per heavy atom. The van der Waals surface area contributed by atoms with Crippen LogP contribution >= 0.6 is 11.3 Å². The molecule has 1 aromatic heterocycles. The minimum Gasteiger partial charge on any atom is -0.456 e. The number of benzene rings is 2. The Labute approximate surface area is 161 Å². The van der Waals surface area contributed by atoms with Crippen LogP contribution in [0.1, 0.15) is 16.4 Å². The van der Waals surface area contributed by atoms with Crippen LogP contribution in [0.2, 0.25) is 0 Å². The molecule has 0 aliphatic carbocycles. The number of hydrogen-bond acceptors (Lipinski definition) is 5. The van der Waals surface area contributed by atoms with Crippen LogP contribution in [0.15, 0.2) is 83.1 Å². The van der Waals surface area contributed by atoms with Crippen molar-refractivity contribution < 1.29 is 13.2 Å². The molecule has 0 amide bonds. The summed E-state index contributed by atoms with van der Waals surface area (Å²) in [6.45, 7) is 0. The summed E-state index contributed by atoms with van der Waals surface area (Å²) in [6.07, 6.45) is 1.75. The third kappa shape index (κ3) is 3.16. The van der Waals surface area contributed by atoms with Gasteiger partial charge in [0.1, 0.15) is 11.5 Å². The fourth-order valence-electron chi connectivity index (χ4n) is 3.16. The lowest BCUT2D eigenvalue weighted by molar-refractivity contribution is 0.487. The molecule has 1 aliphatic rings. The van der Waals surface area contributed by atoms with Crippen molar-refractivity contribution in [3.8, 4) is 11.8 Å². The highest BCUT2D eigenvalue weighted by molar-refractivity contribution is 7.92. The molecule has 2 heterocycles. The molecular formula is C21H15NO3S2. The number of para-hydroxylation sites is 1. The summed E-state index contributed by atoms with van der Waals surface area (Å²) in [7, 11) is -3.84. The third-order valence-electron chi connectivity index (χ3n) is 4.45. The van der Waals surface area contributed by atoms with Crippen molar-refractivity contribution in [1.29, 1.82) is 5.26 Å². The Hall–Kier alpha value is -2.88. The van der Waals surface area contributed by atoms with Crippen molar-refractivity contribution in [3.05, 3.63) is 88.6 Å². The molecule has 2 unspecified atom stereocenters. The molecule has 2 aromatic carbocycles. The first-order valence-corrected chi connectivity index (χ1v) is 10.7. The van der Waals surface area contributed by atoms with Crippen LogP contribution in [0, 0.1) is 11.3 Å². The molecule has 0 radical (unpaired) electrons. The predicted molar refractivity (Wildman–Crippen MR) is 105 cm³/mol. The second-order valence-electron chi connectivity index (χ2n) is 6.08. The van der Waals surface area contributed by atoms with E-state index >= 15 is 0 Å². The van der Waals surface area contributed by atoms with Gasteiger partial charge >= 0.3 is 0 Å². The van der Waals surface area contributed by atoms with E-state index in [1.807, 2.05) is 41.8 Å². The quantitative estimate of drug-likeness (QED) is 0.648. The van der Waals surface area contributed by atoms with E-state index in [0.29, 0.717) is 17.1 Å². The summed E-state index contributed by atoms with van der Waals surface area (Å²) in [6, 6.07) is 21.2. The highest BCUT2D eigenvalue weighted by Gasteiger charge is 2.38. The maximum atomic E-state index is 13.2. The molecule has 0 spiro atoms. The lowest BCUT2D eigenvalue weighted by Crippen LogP contribution is -2.28. The topological polar surface area (TPSA) is 67.2 Å². The number of ether oxygens (including phenoxy) is 1. The number of thiophene rings is 1. The monoisotopic (exact) mass is 393 g/mol. The van der Waals surface area contributed by atoms with Gasteiger partial charge in [-0.3, -0.25) is 0 Å². The molecule has 2 atom stereocenters. The van der Waals surface area contributed by atoms with E-state index in [0.717, 1.165) is 4.88 Å². The molecule has 3 aromatic rings. The Kier molecular flexibility index (Phi) is 4.56. The average Bonchev–Trinajstić information content (AvgIpc) is 3.24. The molecular weight excluding hydrogens is 378 g/mol. The van der Waals surface area contributed by atoms with Gasteiger partial charge in [0.15, 0.2) is 15.1 Å². The second kappa shape index (κ2) is 7.03. The number of sulfone groups is 1. The van der Waals surface area contributed by atoms with Crippen LogP contribution in [-0.2, 0) is 9.84 Å². The number of hydrogen-bond donors (Lipinski definition) is 0. The van der Waals surface area contributed by atoms with Gasteiger partial charge in [0, 0.05) is 11.5 Å². The molecule has 0 fully saturated rings. The summed E-state index contributed by atoms with van der Waals surface area (Å²) in [5, 5.41) is 10.5. The van der Waals surface area contributed by atoms with E-state index in [9.17, 15) is 13.7 Å². The second-order valence-corrected chi connectivity index (χ2v) is 9.10. The predicted octanol–water partition coefficient (Wildman–Crippen LogP) is 4.63. The van der Waals surface area contributed by atoms with E-state index in [1.165, 1.54) is 23.5 Å². The molecule has 6 heteroatoms. The number of fused-ring (bicyclic) bond motifs is 1. The Morgan fingerprint density at radius 3 is 2.44 bits per heavy atom. The number of rotatable bonds is 4. The summed E-state index contributed by atoms with van der Waals surface area (Å²) in [5.74, 6) is 0.538. The van der Waals surface area contributed by atoms with E-state index in [-0.39, 0.29) is 4.90 Å². The molecule has 0 bridgehead atoms. The van der Waals surface area contributed by atoms with Crippen LogP contribution in [0.5, 0.6) is 5.75 Å². The molecule has 134 valence electrons. The Morgan fingerprint density at radius 2 is 1.74 bits per heavy atom. The Bertz CT molecular complexity index is 1130. The van der Waals surface area contributed by atoms with Crippen molar-refractivity contribution in [2.75, 3.05) is 0 Å². The lowest BCUT2D eigenvalue weighted by Gasteiger charge is -2.27. The van der Waals surface area contributed by atoms with Gasteiger partial charge in [0.2, 0.25) is 0 Å². The average molecular weight is 393 g/mol. The standard InChI is InChI=1S/C21H15NO3S2/c22-14-21(27(23,24)15-7-2-1-3-8-15)17-13-19(20-11-6-12-26-20)25-18-10-5-4-9-16(17)18/h1-13,17,21H. The van der Waals surface area contributed by atoms with Crippen LogP contribution in [0.3, 0.4) is 0 Å². The zero-order valence-corrected chi connectivity index (χ0v) is 15.8. The smallest absolute Gasteiger partial charge is 0.195 e. The minimum atomic E-state index is -3.84. The van der Waals surface area contributed by atoms with Gasteiger partial charge in [-0.2, -0.15) is 5.26 Å². The molecule has 0 saturated carbocycles. The van der Waals surface area contributed by atoms with Crippen molar-refractivity contribution in [3.63, 3.8) is 0 Å².